The molecule has 0 aliphatic carbocycles. The largest absolute Gasteiger partial charge is 1.00 e. The summed E-state index contributed by atoms with van der Waals surface area (Å²) in [5, 5.41) is 10.6. The molecule has 1 atom stereocenters. The molecule has 7 heteroatoms. The minimum absolute atomic E-state index is 0. The standard InChI is InChI=1S/C13H10BrNO3S.Na/c14-10-3-1-2-9(6-10)8-19(18)11-4-5-12(13(16)17)15-7-11;/h1-7H,8H2,(H,16,17);/q;+1/p-1. The molecular formula is C13H9BrNNaO3S. The van der Waals surface area contributed by atoms with Crippen LogP contribution in [-0.4, -0.2) is 15.2 Å². The van der Waals surface area contributed by atoms with Gasteiger partial charge < -0.3 is 9.90 Å². The number of carbonyl (C=O) groups excluding carboxylic acids is 1. The number of nitrogens with zero attached hydrogens (tertiary/aromatic N) is 1. The Morgan fingerprint density at radius 2 is 2.05 bits per heavy atom. The molecule has 0 saturated heterocycles. The maximum Gasteiger partial charge on any atom is 1.00 e. The van der Waals surface area contributed by atoms with Crippen molar-refractivity contribution in [3.8, 4) is 0 Å². The van der Waals surface area contributed by atoms with Crippen LogP contribution in [0.25, 0.3) is 0 Å². The average molecular weight is 362 g/mol. The van der Waals surface area contributed by atoms with Gasteiger partial charge in [0.15, 0.2) is 0 Å². The van der Waals surface area contributed by atoms with Crippen LogP contribution in [0.15, 0.2) is 52.0 Å². The number of carboxylic acid groups (broad SMARTS) is 1. The van der Waals surface area contributed by atoms with E-state index in [4.69, 9.17) is 0 Å². The first-order valence-electron chi connectivity index (χ1n) is 5.36. The summed E-state index contributed by atoms with van der Waals surface area (Å²) in [4.78, 5) is 14.7. The van der Waals surface area contributed by atoms with Gasteiger partial charge in [-0.05, 0) is 29.8 Å². The fourth-order valence-corrected chi connectivity index (χ4v) is 2.98. The monoisotopic (exact) mass is 361 g/mol. The minimum atomic E-state index is -1.34. The molecule has 0 saturated carbocycles. The van der Waals surface area contributed by atoms with E-state index in [0.717, 1.165) is 10.0 Å². The van der Waals surface area contributed by atoms with Crippen molar-refractivity contribution < 1.29 is 43.7 Å². The summed E-state index contributed by atoms with van der Waals surface area (Å²) in [6.07, 6.45) is 1.30. The zero-order valence-corrected chi connectivity index (χ0v) is 15.1. The molecule has 0 amide bonds. The molecular weight excluding hydrogens is 353 g/mol. The van der Waals surface area contributed by atoms with Crippen LogP contribution < -0.4 is 34.7 Å². The predicted octanol–water partition coefficient (Wildman–Crippen LogP) is -1.48. The molecule has 1 heterocycles. The van der Waals surface area contributed by atoms with Crippen molar-refractivity contribution in [2.24, 2.45) is 0 Å². The predicted molar refractivity (Wildman–Crippen MR) is 72.8 cm³/mol. The molecule has 20 heavy (non-hydrogen) atoms. The third-order valence-electron chi connectivity index (χ3n) is 2.40. The molecule has 0 radical (unpaired) electrons. The first-order chi connectivity index (χ1) is 9.06. The summed E-state index contributed by atoms with van der Waals surface area (Å²) in [6, 6.07) is 10.3. The number of carbonyl (C=O) groups is 1. The minimum Gasteiger partial charge on any atom is -0.543 e. The third-order valence-corrected chi connectivity index (χ3v) is 4.25. The Morgan fingerprint density at radius 1 is 1.30 bits per heavy atom. The molecule has 1 aromatic carbocycles. The number of aromatic carboxylic acids is 1. The van der Waals surface area contributed by atoms with Crippen LogP contribution in [0.1, 0.15) is 16.1 Å². The van der Waals surface area contributed by atoms with Crippen LogP contribution in [0.3, 0.4) is 0 Å². The van der Waals surface area contributed by atoms with E-state index in [0.29, 0.717) is 10.6 Å². The van der Waals surface area contributed by atoms with Crippen LogP contribution in [0.2, 0.25) is 0 Å². The normalized spacial score (nSPS) is 11.4. The Hall–Kier alpha value is -0.530. The van der Waals surface area contributed by atoms with Crippen LogP contribution in [0, 0.1) is 0 Å². The summed E-state index contributed by atoms with van der Waals surface area (Å²) in [7, 11) is -1.26. The van der Waals surface area contributed by atoms with E-state index >= 15 is 0 Å². The Labute approximate surface area is 149 Å². The number of halogens is 1. The summed E-state index contributed by atoms with van der Waals surface area (Å²) < 4.78 is 13.0. The number of rotatable bonds is 4. The summed E-state index contributed by atoms with van der Waals surface area (Å²) in [6.45, 7) is 0. The first-order valence-corrected chi connectivity index (χ1v) is 7.47. The van der Waals surface area contributed by atoms with Crippen LogP contribution in [-0.2, 0) is 16.6 Å². The summed E-state index contributed by atoms with van der Waals surface area (Å²) in [5.74, 6) is -0.990. The van der Waals surface area contributed by atoms with Crippen molar-refractivity contribution in [1.82, 2.24) is 4.98 Å². The smallest absolute Gasteiger partial charge is 0.543 e. The molecule has 0 aliphatic heterocycles. The van der Waals surface area contributed by atoms with Gasteiger partial charge in [-0.15, -0.1) is 0 Å². The second kappa shape index (κ2) is 8.05. The average Bonchev–Trinajstić information content (AvgIpc) is 2.39. The SMILES string of the molecule is O=C([O-])c1ccc(S(=O)Cc2cccc(Br)c2)cn1.[Na+]. The van der Waals surface area contributed by atoms with Gasteiger partial charge in [0, 0.05) is 10.7 Å². The van der Waals surface area contributed by atoms with Gasteiger partial charge in [-0.2, -0.15) is 0 Å². The van der Waals surface area contributed by atoms with Gasteiger partial charge in [-0.1, -0.05) is 28.1 Å². The van der Waals surface area contributed by atoms with Gasteiger partial charge in [0.1, 0.15) is 0 Å². The Bertz CT molecular complexity index is 634. The number of benzene rings is 1. The van der Waals surface area contributed by atoms with Crippen molar-refractivity contribution in [3.05, 3.63) is 58.3 Å². The van der Waals surface area contributed by atoms with Crippen LogP contribution >= 0.6 is 15.9 Å². The van der Waals surface area contributed by atoms with E-state index in [2.05, 4.69) is 20.9 Å². The number of aromatic nitrogens is 1. The second-order valence-electron chi connectivity index (χ2n) is 3.79. The molecule has 1 aromatic heterocycles. The Kier molecular flexibility index (Phi) is 7.05. The Morgan fingerprint density at radius 3 is 2.60 bits per heavy atom. The van der Waals surface area contributed by atoms with Gasteiger partial charge in [0.05, 0.1) is 33.1 Å². The molecule has 0 bridgehead atoms. The maximum absolute atomic E-state index is 12.1. The van der Waals surface area contributed by atoms with Crippen molar-refractivity contribution in [1.29, 1.82) is 0 Å². The zero-order valence-electron chi connectivity index (χ0n) is 10.7. The fourth-order valence-electron chi connectivity index (χ4n) is 1.50. The van der Waals surface area contributed by atoms with Crippen molar-refractivity contribution in [2.45, 2.75) is 10.6 Å². The Balaban J connectivity index is 0.00000200. The van der Waals surface area contributed by atoms with E-state index in [1.807, 2.05) is 24.3 Å². The number of hydrogen-bond donors (Lipinski definition) is 0. The number of carboxylic acids is 1. The molecule has 1 unspecified atom stereocenters. The molecule has 2 aromatic rings. The maximum atomic E-state index is 12.1. The molecule has 4 nitrogen and oxygen atoms in total. The van der Waals surface area contributed by atoms with E-state index in [-0.39, 0.29) is 35.3 Å². The topological polar surface area (TPSA) is 70.1 Å². The molecule has 0 aliphatic rings. The van der Waals surface area contributed by atoms with Crippen molar-refractivity contribution in [2.75, 3.05) is 0 Å². The molecule has 98 valence electrons. The molecule has 0 fully saturated rings. The van der Waals surface area contributed by atoms with Gasteiger partial charge in [-0.25, -0.2) is 0 Å². The van der Waals surface area contributed by atoms with E-state index in [9.17, 15) is 14.1 Å². The zero-order chi connectivity index (χ0) is 13.8. The van der Waals surface area contributed by atoms with Gasteiger partial charge in [0.25, 0.3) is 0 Å². The van der Waals surface area contributed by atoms with Crippen molar-refractivity contribution >= 4 is 32.7 Å². The summed E-state index contributed by atoms with van der Waals surface area (Å²) in [5.41, 5.74) is 0.764. The molecule has 0 N–H and O–H groups in total. The van der Waals surface area contributed by atoms with Crippen LogP contribution in [0.5, 0.6) is 0 Å². The van der Waals surface area contributed by atoms with Gasteiger partial charge in [-0.3, -0.25) is 9.19 Å². The number of hydrogen-bond acceptors (Lipinski definition) is 4. The number of pyridine rings is 1. The third kappa shape index (κ3) is 4.79. The van der Waals surface area contributed by atoms with E-state index in [1.54, 1.807) is 0 Å². The van der Waals surface area contributed by atoms with E-state index < -0.39 is 16.8 Å². The first kappa shape index (κ1) is 17.5. The molecule has 0 spiro atoms. The van der Waals surface area contributed by atoms with E-state index in [1.165, 1.54) is 18.3 Å². The van der Waals surface area contributed by atoms with Crippen molar-refractivity contribution in [3.63, 3.8) is 0 Å². The quantitative estimate of drug-likeness (QED) is 0.623. The fraction of sp³-hybridized carbons (Fsp3) is 0.0769. The summed E-state index contributed by atoms with van der Waals surface area (Å²) >= 11 is 3.35. The van der Waals surface area contributed by atoms with Gasteiger partial charge in [0.2, 0.25) is 0 Å². The van der Waals surface area contributed by atoms with Gasteiger partial charge >= 0.3 is 29.6 Å². The second-order valence-corrected chi connectivity index (χ2v) is 6.15. The molecule has 2 rings (SSSR count). The van der Waals surface area contributed by atoms with Crippen LogP contribution in [0.4, 0.5) is 0 Å².